The number of aliphatic hydroxyl groups is 5. The Kier molecular flexibility index (Phi) is 32.4. The van der Waals surface area contributed by atoms with Crippen LogP contribution in [0.5, 0.6) is 0 Å². The number of carbonyl (C=O) groups excluding carboxylic acids is 1. The molecule has 0 aromatic carbocycles. The van der Waals surface area contributed by atoms with Crippen molar-refractivity contribution >= 4 is 5.91 Å². The maximum Gasteiger partial charge on any atom is 0.220 e. The zero-order valence-electron chi connectivity index (χ0n) is 33.9. The average molecular weight is 770 g/mol. The van der Waals surface area contributed by atoms with E-state index in [4.69, 9.17) is 9.47 Å². The van der Waals surface area contributed by atoms with Crippen LogP contribution < -0.4 is 5.32 Å². The van der Waals surface area contributed by atoms with Crippen molar-refractivity contribution < 1.29 is 39.8 Å². The molecule has 0 aromatic heterocycles. The molecule has 9 nitrogen and oxygen atoms in total. The third-order valence-corrected chi connectivity index (χ3v) is 9.10. The van der Waals surface area contributed by atoms with Crippen LogP contribution in [0.1, 0.15) is 129 Å². The van der Waals surface area contributed by atoms with Gasteiger partial charge in [-0.05, 0) is 83.5 Å². The van der Waals surface area contributed by atoms with Gasteiger partial charge in [0.05, 0.1) is 25.4 Å². The molecule has 0 aromatic rings. The van der Waals surface area contributed by atoms with E-state index in [0.29, 0.717) is 12.8 Å². The van der Waals surface area contributed by atoms with Gasteiger partial charge in [0, 0.05) is 6.42 Å². The molecule has 55 heavy (non-hydrogen) atoms. The molecule has 6 N–H and O–H groups in total. The third kappa shape index (κ3) is 26.6. The highest BCUT2D eigenvalue weighted by Gasteiger charge is 2.44. The van der Waals surface area contributed by atoms with E-state index in [2.05, 4.69) is 104 Å². The van der Waals surface area contributed by atoms with Crippen molar-refractivity contribution in [2.45, 2.75) is 172 Å². The number of allylic oxidation sites excluding steroid dienone is 15. The minimum absolute atomic E-state index is 0.218. The predicted molar refractivity (Wildman–Crippen MR) is 225 cm³/mol. The van der Waals surface area contributed by atoms with Gasteiger partial charge < -0.3 is 40.3 Å². The van der Waals surface area contributed by atoms with E-state index in [9.17, 15) is 30.3 Å². The van der Waals surface area contributed by atoms with Gasteiger partial charge in [-0.15, -0.1) is 0 Å². The summed E-state index contributed by atoms with van der Waals surface area (Å²) in [5, 5.41) is 53.9. The van der Waals surface area contributed by atoms with Crippen LogP contribution in [-0.4, -0.2) is 87.5 Å². The lowest BCUT2D eigenvalue weighted by molar-refractivity contribution is -0.302. The maximum absolute atomic E-state index is 12.9. The first-order chi connectivity index (χ1) is 26.8. The van der Waals surface area contributed by atoms with Gasteiger partial charge in [0.2, 0.25) is 5.91 Å². The Morgan fingerprint density at radius 1 is 0.636 bits per heavy atom. The van der Waals surface area contributed by atoms with Crippen molar-refractivity contribution in [3.05, 3.63) is 97.2 Å². The standard InChI is InChI=1S/C46H75NO8/c1-3-5-7-9-11-13-15-16-17-18-19-20-21-22-23-24-26-28-30-32-34-36-42(50)47-39(38-54-46-45(53)44(52)43(51)41(37-48)55-46)40(49)35-33-31-29-27-25-14-12-10-8-6-4-2/h5,7-8,10-11,13,16-17,19-20,22-23,25,27,33,35,39-41,43-46,48-49,51-53H,3-4,6,9,12,14-15,18,21,24,26,28-32,34,36-38H2,1-2H3,(H,47,50)/b7-5-,10-8+,13-11-,17-16-,20-19-,23-22-,27-25+,35-33+. The second kappa shape index (κ2) is 35.5. The first kappa shape index (κ1) is 50.1. The number of amides is 1. The van der Waals surface area contributed by atoms with E-state index in [0.717, 1.165) is 103 Å². The summed E-state index contributed by atoms with van der Waals surface area (Å²) in [6, 6.07) is -0.843. The third-order valence-electron chi connectivity index (χ3n) is 9.10. The Hall–Kier alpha value is -2.89. The fourth-order valence-electron chi connectivity index (χ4n) is 5.75. The highest BCUT2D eigenvalue weighted by atomic mass is 16.7. The highest BCUT2D eigenvalue weighted by molar-refractivity contribution is 5.76. The average Bonchev–Trinajstić information content (AvgIpc) is 3.18. The molecule has 0 radical (unpaired) electrons. The molecule has 0 bridgehead atoms. The zero-order chi connectivity index (χ0) is 40.2. The van der Waals surface area contributed by atoms with E-state index in [1.54, 1.807) is 6.08 Å². The molecule has 1 saturated heterocycles. The fraction of sp³-hybridized carbons (Fsp3) is 0.630. The Morgan fingerprint density at radius 3 is 1.73 bits per heavy atom. The van der Waals surface area contributed by atoms with Crippen LogP contribution in [0.4, 0.5) is 0 Å². The summed E-state index contributed by atoms with van der Waals surface area (Å²) in [7, 11) is 0. The molecule has 1 fully saturated rings. The van der Waals surface area contributed by atoms with Crippen LogP contribution in [0.3, 0.4) is 0 Å². The molecule has 1 amide bonds. The number of nitrogens with one attached hydrogen (secondary N) is 1. The van der Waals surface area contributed by atoms with Gasteiger partial charge in [-0.1, -0.05) is 137 Å². The molecule has 1 heterocycles. The van der Waals surface area contributed by atoms with Crippen molar-refractivity contribution in [2.75, 3.05) is 13.2 Å². The largest absolute Gasteiger partial charge is 0.394 e. The van der Waals surface area contributed by atoms with E-state index >= 15 is 0 Å². The minimum Gasteiger partial charge on any atom is -0.394 e. The summed E-state index contributed by atoms with van der Waals surface area (Å²) in [6.07, 6.45) is 43.1. The van der Waals surface area contributed by atoms with Crippen molar-refractivity contribution in [3.63, 3.8) is 0 Å². The van der Waals surface area contributed by atoms with E-state index < -0.39 is 49.5 Å². The topological polar surface area (TPSA) is 149 Å². The number of hydrogen-bond acceptors (Lipinski definition) is 8. The van der Waals surface area contributed by atoms with Crippen molar-refractivity contribution in [2.24, 2.45) is 0 Å². The fourth-order valence-corrected chi connectivity index (χ4v) is 5.75. The van der Waals surface area contributed by atoms with Crippen LogP contribution in [0.2, 0.25) is 0 Å². The Balaban J connectivity index is 2.41. The summed E-state index contributed by atoms with van der Waals surface area (Å²) >= 11 is 0. The van der Waals surface area contributed by atoms with Crippen molar-refractivity contribution in [1.29, 1.82) is 0 Å². The molecule has 0 aliphatic carbocycles. The molecule has 312 valence electrons. The number of hydrogen-bond donors (Lipinski definition) is 6. The molecule has 7 unspecified atom stereocenters. The van der Waals surface area contributed by atoms with Gasteiger partial charge in [0.15, 0.2) is 6.29 Å². The maximum atomic E-state index is 12.9. The van der Waals surface area contributed by atoms with Gasteiger partial charge in [0.25, 0.3) is 0 Å². The van der Waals surface area contributed by atoms with Crippen LogP contribution >= 0.6 is 0 Å². The Bertz CT molecular complexity index is 1170. The molecular weight excluding hydrogens is 695 g/mol. The number of ether oxygens (including phenoxy) is 2. The van der Waals surface area contributed by atoms with Crippen LogP contribution in [0.25, 0.3) is 0 Å². The molecule has 7 atom stereocenters. The normalized spacial score (nSPS) is 22.3. The molecule has 1 aliphatic heterocycles. The van der Waals surface area contributed by atoms with E-state index in [1.807, 2.05) is 6.08 Å². The summed E-state index contributed by atoms with van der Waals surface area (Å²) in [4.78, 5) is 12.9. The summed E-state index contributed by atoms with van der Waals surface area (Å²) in [5.74, 6) is -0.218. The molecule has 1 rings (SSSR count). The summed E-state index contributed by atoms with van der Waals surface area (Å²) in [5.41, 5.74) is 0. The summed E-state index contributed by atoms with van der Waals surface area (Å²) < 4.78 is 11.1. The summed E-state index contributed by atoms with van der Waals surface area (Å²) in [6.45, 7) is 3.51. The lowest BCUT2D eigenvalue weighted by Gasteiger charge is -2.40. The first-order valence-electron chi connectivity index (χ1n) is 21.0. The lowest BCUT2D eigenvalue weighted by Crippen LogP contribution is -2.60. The number of aliphatic hydroxyl groups excluding tert-OH is 5. The minimum atomic E-state index is -1.58. The number of carbonyl (C=O) groups is 1. The quantitative estimate of drug-likeness (QED) is 0.0297. The molecule has 0 spiro atoms. The van der Waals surface area contributed by atoms with Gasteiger partial charge in [-0.25, -0.2) is 0 Å². The second-order valence-corrected chi connectivity index (χ2v) is 14.0. The van der Waals surface area contributed by atoms with Crippen LogP contribution in [0, 0.1) is 0 Å². The first-order valence-corrected chi connectivity index (χ1v) is 21.0. The van der Waals surface area contributed by atoms with Gasteiger partial charge in [0.1, 0.15) is 24.4 Å². The molecule has 1 aliphatic rings. The van der Waals surface area contributed by atoms with Gasteiger partial charge in [-0.2, -0.15) is 0 Å². The van der Waals surface area contributed by atoms with Gasteiger partial charge >= 0.3 is 0 Å². The zero-order valence-corrected chi connectivity index (χ0v) is 33.9. The van der Waals surface area contributed by atoms with Crippen molar-refractivity contribution in [3.8, 4) is 0 Å². The number of unbranched alkanes of at least 4 members (excludes halogenated alkanes) is 8. The number of rotatable bonds is 32. The smallest absolute Gasteiger partial charge is 0.220 e. The van der Waals surface area contributed by atoms with E-state index in [1.165, 1.54) is 0 Å². The van der Waals surface area contributed by atoms with Crippen molar-refractivity contribution in [1.82, 2.24) is 5.32 Å². The lowest BCUT2D eigenvalue weighted by atomic mass is 9.99. The van der Waals surface area contributed by atoms with Gasteiger partial charge in [-0.3, -0.25) is 4.79 Å². The predicted octanol–water partition coefficient (Wildman–Crippen LogP) is 8.16. The highest BCUT2D eigenvalue weighted by Crippen LogP contribution is 2.22. The van der Waals surface area contributed by atoms with Crippen LogP contribution in [-0.2, 0) is 14.3 Å². The monoisotopic (exact) mass is 770 g/mol. The van der Waals surface area contributed by atoms with Crippen LogP contribution in [0.15, 0.2) is 97.2 Å². The molecular formula is C46H75NO8. The Morgan fingerprint density at radius 2 is 1.15 bits per heavy atom. The SMILES string of the molecule is CC/C=C\C/C=C\C/C=C\C/C=C\C/C=C\CCCCCCCC(=O)NC(COC1OC(CO)C(O)C(O)C1O)C(O)/C=C/CC/C=C/CC/C=C/CCC. The second-order valence-electron chi connectivity index (χ2n) is 14.0. The molecule has 0 saturated carbocycles. The van der Waals surface area contributed by atoms with E-state index in [-0.39, 0.29) is 12.5 Å². The molecule has 9 heteroatoms. The Labute approximate surface area is 333 Å².